The van der Waals surface area contributed by atoms with E-state index in [1.54, 1.807) is 7.11 Å². The molecule has 0 bridgehead atoms. The Morgan fingerprint density at radius 2 is 1.83 bits per heavy atom. The SMILES string of the molecule is C=C[C@@H]1C[C@]1(NC(=O)[C@@H]1C[C@@H](Oc2cc(-c3ccccc3)nc3cc(OC)ccc23)CN1C(=O)N[C@H](C(=O)NCC1CCCCC1)C(C)C)C(=O)O. The Labute approximate surface area is 304 Å². The number of fused-ring (bicyclic) bond motifs is 1. The maximum absolute atomic E-state index is 14.1. The summed E-state index contributed by atoms with van der Waals surface area (Å²) in [6.07, 6.45) is 6.84. The van der Waals surface area contributed by atoms with Gasteiger partial charge in [0.2, 0.25) is 11.8 Å². The fourth-order valence-electron chi connectivity index (χ4n) is 7.51. The number of aliphatic carboxylic acids is 1. The largest absolute Gasteiger partial charge is 0.497 e. The highest BCUT2D eigenvalue weighted by molar-refractivity contribution is 5.95. The zero-order chi connectivity index (χ0) is 37.0. The molecule has 4 N–H and O–H groups in total. The normalized spacial score (nSPS) is 23.5. The number of pyridine rings is 1. The van der Waals surface area contributed by atoms with Crippen LogP contribution in [0.1, 0.15) is 58.8 Å². The molecule has 0 radical (unpaired) electrons. The molecule has 2 aromatic carbocycles. The van der Waals surface area contributed by atoms with Gasteiger partial charge in [0.05, 0.1) is 24.9 Å². The van der Waals surface area contributed by atoms with Gasteiger partial charge in [0.15, 0.2) is 0 Å². The number of methoxy groups -OCH3 is 1. The molecular weight excluding hydrogens is 662 g/mol. The number of carbonyl (C=O) groups excluding carboxylic acids is 3. The van der Waals surface area contributed by atoms with Crippen LogP contribution in [-0.2, 0) is 14.4 Å². The van der Waals surface area contributed by atoms with Crippen molar-refractivity contribution in [2.45, 2.75) is 82.5 Å². The number of nitrogens with one attached hydrogen (secondary N) is 3. The summed E-state index contributed by atoms with van der Waals surface area (Å²) in [4.78, 5) is 59.9. The number of aromatic nitrogens is 1. The monoisotopic (exact) mass is 711 g/mol. The first-order valence-corrected chi connectivity index (χ1v) is 18.3. The average molecular weight is 712 g/mol. The maximum atomic E-state index is 14.1. The Balaban J connectivity index is 1.26. The minimum absolute atomic E-state index is 0.0179. The first kappa shape index (κ1) is 36.7. The average Bonchev–Trinajstić information content (AvgIpc) is 3.72. The quantitative estimate of drug-likeness (QED) is 0.174. The molecule has 6 rings (SSSR count). The van der Waals surface area contributed by atoms with Crippen molar-refractivity contribution in [1.29, 1.82) is 0 Å². The van der Waals surface area contributed by atoms with Gasteiger partial charge in [-0.05, 0) is 43.2 Å². The van der Waals surface area contributed by atoms with E-state index in [0.29, 0.717) is 35.2 Å². The van der Waals surface area contributed by atoms with Gasteiger partial charge in [-0.3, -0.25) is 9.59 Å². The minimum atomic E-state index is -1.48. The summed E-state index contributed by atoms with van der Waals surface area (Å²) in [5.74, 6) is -1.14. The van der Waals surface area contributed by atoms with Gasteiger partial charge in [-0.25, -0.2) is 14.6 Å². The van der Waals surface area contributed by atoms with Gasteiger partial charge >= 0.3 is 12.0 Å². The van der Waals surface area contributed by atoms with Gasteiger partial charge in [0.25, 0.3) is 0 Å². The highest BCUT2D eigenvalue weighted by atomic mass is 16.5. The third kappa shape index (κ3) is 7.85. The zero-order valence-electron chi connectivity index (χ0n) is 30.1. The lowest BCUT2D eigenvalue weighted by molar-refractivity contribution is -0.144. The molecule has 52 heavy (non-hydrogen) atoms. The molecule has 2 heterocycles. The van der Waals surface area contributed by atoms with E-state index in [1.807, 2.05) is 68.4 Å². The molecule has 12 heteroatoms. The standard InChI is InChI=1S/C40H49N5O7/c1-5-27-21-40(27,38(48)49)44-36(46)33-19-29(23-45(33)39(50)43-35(24(2)3)37(47)41-22-25-12-8-6-9-13-25)52-34-20-31(26-14-10-7-11-15-26)42-32-18-28(51-4)16-17-30(32)34/h5,7,10-11,14-18,20,24-25,27,29,33,35H,1,6,8-9,12-13,19,21-23H2,2-4H3,(H,41,47)(H,43,50)(H,44,46)(H,48,49)/t27-,29-,33+,35+,40-/m1/s1. The summed E-state index contributed by atoms with van der Waals surface area (Å²) in [6.45, 7) is 8.02. The van der Waals surface area contributed by atoms with Crippen molar-refractivity contribution in [3.8, 4) is 22.8 Å². The third-order valence-corrected chi connectivity index (χ3v) is 10.7. The Bertz CT molecular complexity index is 1810. The molecule has 3 fully saturated rings. The van der Waals surface area contributed by atoms with Gasteiger partial charge in [0, 0.05) is 42.0 Å². The van der Waals surface area contributed by atoms with Crippen LogP contribution in [0.4, 0.5) is 4.79 Å². The van der Waals surface area contributed by atoms with Crippen LogP contribution in [-0.4, -0.2) is 82.7 Å². The topological polar surface area (TPSA) is 159 Å². The first-order chi connectivity index (χ1) is 25.0. The summed E-state index contributed by atoms with van der Waals surface area (Å²) in [6, 6.07) is 14.5. The number of amides is 4. The summed E-state index contributed by atoms with van der Waals surface area (Å²) >= 11 is 0. The summed E-state index contributed by atoms with van der Waals surface area (Å²) in [5.41, 5.74) is 0.710. The molecule has 0 unspecified atom stereocenters. The second-order valence-electron chi connectivity index (χ2n) is 14.6. The van der Waals surface area contributed by atoms with Crippen molar-refractivity contribution in [2.24, 2.45) is 17.8 Å². The molecule has 5 atom stereocenters. The number of hydrogen-bond donors (Lipinski definition) is 4. The number of rotatable bonds is 13. The van der Waals surface area contributed by atoms with E-state index in [-0.39, 0.29) is 31.2 Å². The third-order valence-electron chi connectivity index (χ3n) is 10.7. The molecular formula is C40H49N5O7. The Morgan fingerprint density at radius 3 is 2.48 bits per heavy atom. The lowest BCUT2D eigenvalue weighted by Crippen LogP contribution is -2.58. The molecule has 1 aliphatic heterocycles. The molecule has 276 valence electrons. The van der Waals surface area contributed by atoms with Crippen LogP contribution in [0.3, 0.4) is 0 Å². The molecule has 0 spiro atoms. The zero-order valence-corrected chi connectivity index (χ0v) is 30.1. The van der Waals surface area contributed by atoms with Crippen LogP contribution in [0.5, 0.6) is 11.5 Å². The molecule has 1 saturated heterocycles. The van der Waals surface area contributed by atoms with E-state index >= 15 is 0 Å². The van der Waals surface area contributed by atoms with Crippen LogP contribution < -0.4 is 25.4 Å². The van der Waals surface area contributed by atoms with E-state index in [9.17, 15) is 24.3 Å². The van der Waals surface area contributed by atoms with Gasteiger partial charge in [-0.2, -0.15) is 0 Å². The summed E-state index contributed by atoms with van der Waals surface area (Å²) in [7, 11) is 1.58. The summed E-state index contributed by atoms with van der Waals surface area (Å²) in [5, 5.41) is 19.4. The molecule has 1 aromatic heterocycles. The predicted molar refractivity (Wildman–Crippen MR) is 197 cm³/mol. The molecule has 2 aliphatic carbocycles. The maximum Gasteiger partial charge on any atom is 0.330 e. The van der Waals surface area contributed by atoms with E-state index < -0.39 is 47.6 Å². The number of ether oxygens (including phenoxy) is 2. The smallest absolute Gasteiger partial charge is 0.330 e. The Hall–Kier alpha value is -5.13. The van der Waals surface area contributed by atoms with E-state index in [1.165, 1.54) is 17.4 Å². The van der Waals surface area contributed by atoms with Crippen molar-refractivity contribution in [3.05, 3.63) is 67.3 Å². The van der Waals surface area contributed by atoms with Crippen molar-refractivity contribution in [2.75, 3.05) is 20.2 Å². The molecule has 12 nitrogen and oxygen atoms in total. The van der Waals surface area contributed by atoms with Crippen molar-refractivity contribution in [1.82, 2.24) is 25.8 Å². The molecule has 3 aromatic rings. The number of nitrogens with zero attached hydrogens (tertiary/aromatic N) is 2. The lowest BCUT2D eigenvalue weighted by Gasteiger charge is -2.29. The highest BCUT2D eigenvalue weighted by Crippen LogP contribution is 2.45. The van der Waals surface area contributed by atoms with E-state index in [0.717, 1.165) is 36.6 Å². The van der Waals surface area contributed by atoms with Gasteiger partial charge in [0.1, 0.15) is 35.2 Å². The van der Waals surface area contributed by atoms with Gasteiger partial charge < -0.3 is 35.4 Å². The van der Waals surface area contributed by atoms with Crippen LogP contribution >= 0.6 is 0 Å². The van der Waals surface area contributed by atoms with Gasteiger partial charge in [-0.15, -0.1) is 6.58 Å². The van der Waals surface area contributed by atoms with E-state index in [4.69, 9.17) is 14.5 Å². The van der Waals surface area contributed by atoms with Gasteiger partial charge in [-0.1, -0.05) is 69.5 Å². The Kier molecular flexibility index (Phi) is 11.0. The number of carbonyl (C=O) groups is 4. The number of urea groups is 1. The number of carboxylic acid groups (broad SMARTS) is 1. The Morgan fingerprint density at radius 1 is 1.08 bits per heavy atom. The van der Waals surface area contributed by atoms with Crippen LogP contribution in [0.25, 0.3) is 22.2 Å². The number of carboxylic acids is 1. The molecule has 4 amide bonds. The lowest BCUT2D eigenvalue weighted by atomic mass is 9.89. The minimum Gasteiger partial charge on any atom is -0.497 e. The number of hydrogen-bond acceptors (Lipinski definition) is 7. The number of likely N-dealkylation sites (tertiary alicyclic amines) is 1. The fraction of sp³-hybridized carbons (Fsp3) is 0.475. The second-order valence-corrected chi connectivity index (χ2v) is 14.6. The van der Waals surface area contributed by atoms with Crippen LogP contribution in [0.15, 0.2) is 67.3 Å². The molecule has 2 saturated carbocycles. The predicted octanol–water partition coefficient (Wildman–Crippen LogP) is 5.31. The van der Waals surface area contributed by atoms with Crippen molar-refractivity contribution >= 4 is 34.7 Å². The van der Waals surface area contributed by atoms with Crippen molar-refractivity contribution in [3.63, 3.8) is 0 Å². The van der Waals surface area contributed by atoms with Crippen LogP contribution in [0, 0.1) is 17.8 Å². The highest BCUT2D eigenvalue weighted by Gasteiger charge is 2.61. The van der Waals surface area contributed by atoms with Crippen LogP contribution in [0.2, 0.25) is 0 Å². The second kappa shape index (κ2) is 15.6. The van der Waals surface area contributed by atoms with E-state index in [2.05, 4.69) is 22.5 Å². The summed E-state index contributed by atoms with van der Waals surface area (Å²) < 4.78 is 12.1. The first-order valence-electron chi connectivity index (χ1n) is 18.3. The number of benzene rings is 2. The van der Waals surface area contributed by atoms with Crippen molar-refractivity contribution < 1.29 is 33.8 Å². The molecule has 3 aliphatic rings. The fourth-order valence-corrected chi connectivity index (χ4v) is 7.51.